The second-order valence-electron chi connectivity index (χ2n) is 2.91. The molecule has 1 aliphatic rings. The van der Waals surface area contributed by atoms with Crippen LogP contribution in [0.3, 0.4) is 0 Å². The molecule has 0 saturated heterocycles. The van der Waals surface area contributed by atoms with Crippen molar-refractivity contribution in [2.24, 2.45) is 5.73 Å². The SMILES string of the molecule is NC(=S)c1ccc2c(c1)NC(=O)CS2. The number of thioether (sulfide) groups is 1. The minimum absolute atomic E-state index is 0.0163. The fourth-order valence-electron chi connectivity index (χ4n) is 1.24. The third kappa shape index (κ3) is 1.73. The van der Waals surface area contributed by atoms with Crippen LogP contribution < -0.4 is 11.1 Å². The van der Waals surface area contributed by atoms with E-state index in [1.807, 2.05) is 18.2 Å². The van der Waals surface area contributed by atoms with Crippen molar-refractivity contribution in [1.29, 1.82) is 0 Å². The van der Waals surface area contributed by atoms with Gasteiger partial charge < -0.3 is 11.1 Å². The molecule has 72 valence electrons. The molecule has 0 bridgehead atoms. The molecule has 1 aromatic carbocycles. The van der Waals surface area contributed by atoms with Crippen molar-refractivity contribution in [3.05, 3.63) is 23.8 Å². The number of nitrogens with two attached hydrogens (primary N) is 1. The number of hydrogen-bond donors (Lipinski definition) is 2. The van der Waals surface area contributed by atoms with Crippen molar-refractivity contribution < 1.29 is 4.79 Å². The number of fused-ring (bicyclic) bond motifs is 1. The molecule has 0 atom stereocenters. The molecule has 0 spiro atoms. The van der Waals surface area contributed by atoms with Crippen LogP contribution in [0.1, 0.15) is 5.56 Å². The van der Waals surface area contributed by atoms with Crippen LogP contribution in [-0.2, 0) is 4.79 Å². The van der Waals surface area contributed by atoms with Gasteiger partial charge in [0.05, 0.1) is 11.4 Å². The van der Waals surface area contributed by atoms with Crippen LogP contribution in [0.5, 0.6) is 0 Å². The van der Waals surface area contributed by atoms with Gasteiger partial charge in [-0.25, -0.2) is 0 Å². The highest BCUT2D eigenvalue weighted by Crippen LogP contribution is 2.31. The van der Waals surface area contributed by atoms with Gasteiger partial charge >= 0.3 is 0 Å². The van der Waals surface area contributed by atoms with Gasteiger partial charge in [0.2, 0.25) is 5.91 Å². The van der Waals surface area contributed by atoms with Gasteiger partial charge in [-0.3, -0.25) is 4.79 Å². The fourth-order valence-corrected chi connectivity index (χ4v) is 2.15. The fraction of sp³-hybridized carbons (Fsp3) is 0.111. The zero-order valence-electron chi connectivity index (χ0n) is 7.24. The van der Waals surface area contributed by atoms with Gasteiger partial charge in [0.15, 0.2) is 0 Å². The lowest BCUT2D eigenvalue weighted by Gasteiger charge is -2.16. The van der Waals surface area contributed by atoms with Crippen LogP contribution in [0.15, 0.2) is 23.1 Å². The van der Waals surface area contributed by atoms with E-state index < -0.39 is 0 Å². The van der Waals surface area contributed by atoms with Crippen LogP contribution in [0.4, 0.5) is 5.69 Å². The lowest BCUT2D eigenvalue weighted by atomic mass is 10.2. The van der Waals surface area contributed by atoms with E-state index in [1.165, 1.54) is 11.8 Å². The van der Waals surface area contributed by atoms with Gasteiger partial charge in [0.25, 0.3) is 0 Å². The molecule has 3 nitrogen and oxygen atoms in total. The number of carbonyl (C=O) groups excluding carboxylic acids is 1. The molecule has 0 aromatic heterocycles. The highest BCUT2D eigenvalue weighted by Gasteiger charge is 2.15. The maximum Gasteiger partial charge on any atom is 0.234 e. The summed E-state index contributed by atoms with van der Waals surface area (Å²) in [6.45, 7) is 0. The van der Waals surface area contributed by atoms with Gasteiger partial charge in [-0.05, 0) is 12.1 Å². The molecule has 14 heavy (non-hydrogen) atoms. The second kappa shape index (κ2) is 3.59. The Morgan fingerprint density at radius 3 is 3.07 bits per heavy atom. The smallest absolute Gasteiger partial charge is 0.234 e. The van der Waals surface area contributed by atoms with Gasteiger partial charge in [-0.1, -0.05) is 18.3 Å². The lowest BCUT2D eigenvalue weighted by Crippen LogP contribution is -2.19. The highest BCUT2D eigenvalue weighted by atomic mass is 32.2. The number of thiocarbonyl (C=S) groups is 1. The Hall–Kier alpha value is -1.07. The van der Waals surface area contributed by atoms with Gasteiger partial charge in [-0.2, -0.15) is 0 Å². The van der Waals surface area contributed by atoms with Crippen LogP contribution in [0.2, 0.25) is 0 Å². The standard InChI is InChI=1S/C9H8N2OS2/c10-9(13)5-1-2-7-6(3-5)11-8(12)4-14-7/h1-3H,4H2,(H2,10,13)(H,11,12). The first kappa shape index (κ1) is 9.48. The molecular formula is C9H8N2OS2. The van der Waals surface area contributed by atoms with Crippen LogP contribution in [-0.4, -0.2) is 16.6 Å². The quantitative estimate of drug-likeness (QED) is 0.707. The second-order valence-corrected chi connectivity index (χ2v) is 4.37. The first-order valence-corrected chi connectivity index (χ1v) is 5.43. The van der Waals surface area contributed by atoms with Crippen LogP contribution in [0, 0.1) is 0 Å². The summed E-state index contributed by atoms with van der Waals surface area (Å²) in [7, 11) is 0. The average molecular weight is 224 g/mol. The third-order valence-corrected chi connectivity index (χ3v) is 3.21. The molecule has 0 saturated carbocycles. The number of nitrogens with one attached hydrogen (secondary N) is 1. The van der Waals surface area contributed by atoms with E-state index in [0.29, 0.717) is 10.7 Å². The molecule has 1 aromatic rings. The van der Waals surface area contributed by atoms with Crippen molar-refractivity contribution in [3.8, 4) is 0 Å². The summed E-state index contributed by atoms with van der Waals surface area (Å²) in [5.41, 5.74) is 7.08. The van der Waals surface area contributed by atoms with Crippen LogP contribution in [0.25, 0.3) is 0 Å². The number of amides is 1. The first-order valence-electron chi connectivity index (χ1n) is 4.03. The molecular weight excluding hydrogens is 216 g/mol. The van der Waals surface area contributed by atoms with E-state index in [1.54, 1.807) is 0 Å². The van der Waals surface area contributed by atoms with E-state index in [0.717, 1.165) is 16.1 Å². The van der Waals surface area contributed by atoms with E-state index in [4.69, 9.17) is 18.0 Å². The molecule has 0 radical (unpaired) electrons. The summed E-state index contributed by atoms with van der Waals surface area (Å²) >= 11 is 6.38. The molecule has 3 N–H and O–H groups in total. The number of carbonyl (C=O) groups is 1. The molecule has 0 aliphatic carbocycles. The van der Waals surface area contributed by atoms with Crippen molar-refractivity contribution in [1.82, 2.24) is 0 Å². The Labute approximate surface area is 91.1 Å². The van der Waals surface area contributed by atoms with Crippen molar-refractivity contribution in [3.63, 3.8) is 0 Å². The molecule has 0 unspecified atom stereocenters. The summed E-state index contributed by atoms with van der Waals surface area (Å²) in [5.74, 6) is 0.488. The highest BCUT2D eigenvalue weighted by molar-refractivity contribution is 8.00. The Balaban J connectivity index is 2.42. The Bertz CT molecular complexity index is 417. The zero-order chi connectivity index (χ0) is 10.1. The summed E-state index contributed by atoms with van der Waals surface area (Å²) in [4.78, 5) is 12.5. The zero-order valence-corrected chi connectivity index (χ0v) is 8.87. The topological polar surface area (TPSA) is 55.1 Å². The van der Waals surface area contributed by atoms with Crippen molar-refractivity contribution >= 4 is 40.6 Å². The van der Waals surface area contributed by atoms with Crippen molar-refractivity contribution in [2.75, 3.05) is 11.1 Å². The number of benzene rings is 1. The maximum atomic E-state index is 11.1. The minimum Gasteiger partial charge on any atom is -0.389 e. The molecule has 1 heterocycles. The normalized spacial score (nSPS) is 14.4. The van der Waals surface area contributed by atoms with Gasteiger partial charge in [-0.15, -0.1) is 11.8 Å². The largest absolute Gasteiger partial charge is 0.389 e. The summed E-state index contributed by atoms with van der Waals surface area (Å²) in [6.07, 6.45) is 0. The van der Waals surface area contributed by atoms with E-state index in [-0.39, 0.29) is 5.91 Å². The Morgan fingerprint density at radius 2 is 2.36 bits per heavy atom. The summed E-state index contributed by atoms with van der Waals surface area (Å²) in [5, 5.41) is 2.78. The predicted octanol–water partition coefficient (Wildman–Crippen LogP) is 1.36. The van der Waals surface area contributed by atoms with Gasteiger partial charge in [0.1, 0.15) is 4.99 Å². The Morgan fingerprint density at radius 1 is 1.57 bits per heavy atom. The minimum atomic E-state index is 0.0163. The first-order chi connectivity index (χ1) is 6.66. The number of rotatable bonds is 1. The average Bonchev–Trinajstić information content (AvgIpc) is 2.16. The van der Waals surface area contributed by atoms with Crippen LogP contribution >= 0.6 is 24.0 Å². The third-order valence-electron chi connectivity index (χ3n) is 1.90. The molecule has 0 fully saturated rings. The van der Waals surface area contributed by atoms with Gasteiger partial charge in [0, 0.05) is 10.5 Å². The maximum absolute atomic E-state index is 11.1. The number of hydrogen-bond acceptors (Lipinski definition) is 3. The summed E-state index contributed by atoms with van der Waals surface area (Å²) < 4.78 is 0. The number of anilines is 1. The predicted molar refractivity (Wildman–Crippen MR) is 61.7 cm³/mol. The molecule has 1 aliphatic heterocycles. The molecule has 5 heteroatoms. The van der Waals surface area contributed by atoms with Crippen molar-refractivity contribution in [2.45, 2.75) is 4.90 Å². The summed E-state index contributed by atoms with van der Waals surface area (Å²) in [6, 6.07) is 5.60. The van der Waals surface area contributed by atoms with E-state index >= 15 is 0 Å². The molecule has 2 rings (SSSR count). The monoisotopic (exact) mass is 224 g/mol. The lowest BCUT2D eigenvalue weighted by molar-refractivity contribution is -0.113. The van der Waals surface area contributed by atoms with E-state index in [2.05, 4.69) is 5.32 Å². The molecule has 1 amide bonds. The van der Waals surface area contributed by atoms with E-state index in [9.17, 15) is 4.79 Å². The Kier molecular flexibility index (Phi) is 2.43.